The maximum absolute atomic E-state index is 12.7. The zero-order valence-corrected chi connectivity index (χ0v) is 20.4. The maximum Gasteiger partial charge on any atom is 0.418 e. The lowest BCUT2D eigenvalue weighted by Crippen LogP contribution is -2.41. The van der Waals surface area contributed by atoms with E-state index in [1.807, 2.05) is 60.7 Å². The normalized spacial score (nSPS) is 10.3. The lowest BCUT2D eigenvalue weighted by atomic mass is 10.2. The number of rotatable bonds is 10. The maximum atomic E-state index is 12.7. The minimum Gasteiger partial charge on any atom is -0.445 e. The molecule has 35 heavy (non-hydrogen) atoms. The van der Waals surface area contributed by atoms with E-state index in [4.69, 9.17) is 21.7 Å². The summed E-state index contributed by atoms with van der Waals surface area (Å²) in [5.41, 5.74) is 1.68. The number of carbonyl (C=O) groups excluding carboxylic acids is 3. The molecule has 10 nitrogen and oxygen atoms in total. The van der Waals surface area contributed by atoms with Gasteiger partial charge in [0.2, 0.25) is 5.13 Å². The van der Waals surface area contributed by atoms with Gasteiger partial charge >= 0.3 is 18.2 Å². The number of nitrogens with one attached hydrogen (secondary N) is 3. The molecule has 184 valence electrons. The molecular formula is C23H25N5O5S2. The van der Waals surface area contributed by atoms with Gasteiger partial charge in [0.15, 0.2) is 3.95 Å². The molecule has 0 atom stereocenters. The number of hydrogen-bond acceptors (Lipinski definition) is 8. The number of aromatic amines is 1. The first-order valence-corrected chi connectivity index (χ1v) is 12.0. The van der Waals surface area contributed by atoms with Gasteiger partial charge in [0.25, 0.3) is 0 Å². The van der Waals surface area contributed by atoms with Gasteiger partial charge in [-0.2, -0.15) is 0 Å². The molecule has 0 aliphatic carbocycles. The van der Waals surface area contributed by atoms with Crippen LogP contribution in [0.3, 0.4) is 0 Å². The summed E-state index contributed by atoms with van der Waals surface area (Å²) in [4.78, 5) is 38.2. The molecule has 0 aliphatic heterocycles. The zero-order valence-electron chi connectivity index (χ0n) is 18.8. The number of aromatic nitrogens is 2. The van der Waals surface area contributed by atoms with E-state index in [1.54, 1.807) is 0 Å². The molecule has 1 heterocycles. The smallest absolute Gasteiger partial charge is 0.418 e. The summed E-state index contributed by atoms with van der Waals surface area (Å²) >= 11 is 6.03. The average Bonchev–Trinajstić information content (AvgIpc) is 3.28. The summed E-state index contributed by atoms with van der Waals surface area (Å²) in [7, 11) is 0. The number of amides is 4. The van der Waals surface area contributed by atoms with Crippen LogP contribution in [0.4, 0.5) is 19.5 Å². The Morgan fingerprint density at radius 1 is 0.943 bits per heavy atom. The van der Waals surface area contributed by atoms with Crippen molar-refractivity contribution in [3.05, 3.63) is 75.7 Å². The molecule has 0 radical (unpaired) electrons. The fourth-order valence-electron chi connectivity index (χ4n) is 2.87. The molecule has 0 saturated heterocycles. The summed E-state index contributed by atoms with van der Waals surface area (Å²) < 4.78 is 10.9. The van der Waals surface area contributed by atoms with E-state index >= 15 is 0 Å². The van der Waals surface area contributed by atoms with Crippen LogP contribution in [-0.4, -0.2) is 46.4 Å². The van der Waals surface area contributed by atoms with Crippen LogP contribution in [0.15, 0.2) is 60.7 Å². The molecule has 3 N–H and O–H groups in total. The number of unbranched alkanes of at least 4 members (excludes halogenated alkanes) is 1. The molecule has 0 spiro atoms. The highest BCUT2D eigenvalue weighted by atomic mass is 32.1. The van der Waals surface area contributed by atoms with Gasteiger partial charge in [-0.25, -0.2) is 19.3 Å². The van der Waals surface area contributed by atoms with E-state index in [1.165, 1.54) is 0 Å². The third-order valence-corrected chi connectivity index (χ3v) is 5.62. The van der Waals surface area contributed by atoms with Crippen molar-refractivity contribution in [3.63, 3.8) is 0 Å². The van der Waals surface area contributed by atoms with Gasteiger partial charge in [-0.3, -0.25) is 10.4 Å². The predicted molar refractivity (Wildman–Crippen MR) is 134 cm³/mol. The van der Waals surface area contributed by atoms with Crippen LogP contribution in [0.2, 0.25) is 0 Å². The number of nitrogens with zero attached hydrogens (tertiary/aromatic N) is 2. The fraction of sp³-hybridized carbons (Fsp3) is 0.261. The van der Waals surface area contributed by atoms with Crippen LogP contribution in [0.25, 0.3) is 0 Å². The molecule has 0 unspecified atom stereocenters. The first-order chi connectivity index (χ1) is 17.0. The first-order valence-electron chi connectivity index (χ1n) is 10.8. The van der Waals surface area contributed by atoms with Crippen molar-refractivity contribution < 1.29 is 23.9 Å². The molecule has 2 aromatic carbocycles. The Morgan fingerprint density at radius 3 is 2.17 bits per heavy atom. The van der Waals surface area contributed by atoms with Crippen LogP contribution in [0, 0.1) is 3.95 Å². The van der Waals surface area contributed by atoms with E-state index in [2.05, 4.69) is 20.8 Å². The molecule has 1 aromatic heterocycles. The Balaban J connectivity index is 1.45. The zero-order chi connectivity index (χ0) is 24.9. The number of urea groups is 1. The van der Waals surface area contributed by atoms with Gasteiger partial charge in [-0.05, 0) is 36.2 Å². The molecule has 0 saturated carbocycles. The van der Waals surface area contributed by atoms with Crippen molar-refractivity contribution in [1.29, 1.82) is 0 Å². The monoisotopic (exact) mass is 515 g/mol. The Bertz CT molecular complexity index is 1150. The Kier molecular flexibility index (Phi) is 10.2. The molecule has 0 bridgehead atoms. The molecular weight excluding hydrogens is 490 g/mol. The predicted octanol–water partition coefficient (Wildman–Crippen LogP) is 5.08. The highest BCUT2D eigenvalue weighted by Gasteiger charge is 2.23. The summed E-state index contributed by atoms with van der Waals surface area (Å²) in [5.74, 6) is 0. The second-order valence-corrected chi connectivity index (χ2v) is 8.90. The third kappa shape index (κ3) is 9.18. The topological polar surface area (TPSA) is 126 Å². The van der Waals surface area contributed by atoms with Gasteiger partial charge in [0.1, 0.15) is 13.2 Å². The molecule has 0 aliphatic rings. The number of ether oxygens (including phenoxy) is 2. The SMILES string of the molecule is O=C(NCCCCN(C(=O)Nc1n[nH]c(=S)s1)C(=O)OCc1ccccc1)OCc1ccccc1. The van der Waals surface area contributed by atoms with Crippen LogP contribution in [0.5, 0.6) is 0 Å². The molecule has 3 rings (SSSR count). The number of alkyl carbamates (subject to hydrolysis) is 1. The number of hydrogen-bond donors (Lipinski definition) is 3. The summed E-state index contributed by atoms with van der Waals surface area (Å²) in [6.07, 6.45) is -0.383. The van der Waals surface area contributed by atoms with Crippen molar-refractivity contribution in [2.45, 2.75) is 26.1 Å². The summed E-state index contributed by atoms with van der Waals surface area (Å²) in [6, 6.07) is 17.8. The quantitative estimate of drug-likeness (QED) is 0.254. The Labute approximate surface area is 211 Å². The molecule has 12 heteroatoms. The molecule has 0 fully saturated rings. The number of imide groups is 1. The number of H-pyrrole nitrogens is 1. The number of benzene rings is 2. The lowest BCUT2D eigenvalue weighted by Gasteiger charge is -2.20. The van der Waals surface area contributed by atoms with Crippen LogP contribution >= 0.6 is 23.6 Å². The van der Waals surface area contributed by atoms with Gasteiger partial charge < -0.3 is 14.8 Å². The largest absolute Gasteiger partial charge is 0.445 e. The Morgan fingerprint density at radius 2 is 1.57 bits per heavy atom. The Hall–Kier alpha value is -3.77. The van der Waals surface area contributed by atoms with E-state index in [0.717, 1.165) is 27.4 Å². The second kappa shape index (κ2) is 13.8. The van der Waals surface area contributed by atoms with Crippen molar-refractivity contribution in [2.24, 2.45) is 0 Å². The summed E-state index contributed by atoms with van der Waals surface area (Å²) in [6.45, 7) is 0.604. The van der Waals surface area contributed by atoms with Gasteiger partial charge in [-0.15, -0.1) is 5.10 Å². The van der Waals surface area contributed by atoms with Crippen LogP contribution in [0.1, 0.15) is 24.0 Å². The highest BCUT2D eigenvalue weighted by molar-refractivity contribution is 7.73. The van der Waals surface area contributed by atoms with Gasteiger partial charge in [0.05, 0.1) is 0 Å². The van der Waals surface area contributed by atoms with Crippen LogP contribution < -0.4 is 10.6 Å². The van der Waals surface area contributed by atoms with Crippen molar-refractivity contribution in [1.82, 2.24) is 20.4 Å². The average molecular weight is 516 g/mol. The highest BCUT2D eigenvalue weighted by Crippen LogP contribution is 2.13. The van der Waals surface area contributed by atoms with E-state index < -0.39 is 18.2 Å². The minimum atomic E-state index is -0.791. The third-order valence-electron chi connectivity index (χ3n) is 4.61. The van der Waals surface area contributed by atoms with Crippen molar-refractivity contribution >= 4 is 46.9 Å². The van der Waals surface area contributed by atoms with Crippen molar-refractivity contribution in [3.8, 4) is 0 Å². The van der Waals surface area contributed by atoms with Gasteiger partial charge in [0, 0.05) is 13.1 Å². The standard InChI is InChI=1S/C23H25N5O5S2/c29-20(25-19-26-27-22(34)35-19)28(23(31)33-16-18-11-5-2-6-12-18)14-8-7-13-24-21(30)32-15-17-9-3-1-4-10-17/h1-6,9-12H,7-8,13-16H2,(H,24,30)(H,27,34)(H,25,26,29). The van der Waals surface area contributed by atoms with E-state index in [0.29, 0.717) is 23.3 Å². The van der Waals surface area contributed by atoms with E-state index in [9.17, 15) is 14.4 Å². The van der Waals surface area contributed by atoms with Crippen molar-refractivity contribution in [2.75, 3.05) is 18.4 Å². The molecule has 3 aromatic rings. The second-order valence-electron chi connectivity index (χ2n) is 7.24. The number of anilines is 1. The molecule has 4 amide bonds. The lowest BCUT2D eigenvalue weighted by molar-refractivity contribution is 0.106. The first kappa shape index (κ1) is 25.8. The van der Waals surface area contributed by atoms with Gasteiger partial charge in [-0.1, -0.05) is 72.0 Å². The van der Waals surface area contributed by atoms with E-state index in [-0.39, 0.29) is 24.9 Å². The summed E-state index contributed by atoms with van der Waals surface area (Å²) in [5, 5.41) is 11.9. The fourth-order valence-corrected chi connectivity index (χ4v) is 3.65. The van der Waals surface area contributed by atoms with Crippen LogP contribution in [-0.2, 0) is 22.7 Å². The minimum absolute atomic E-state index is 0.0274. The number of carbonyl (C=O) groups is 3.